The zero-order chi connectivity index (χ0) is 20.3. The van der Waals surface area contributed by atoms with Crippen molar-refractivity contribution in [3.05, 3.63) is 100.0 Å². The van der Waals surface area contributed by atoms with Crippen molar-refractivity contribution in [1.29, 1.82) is 0 Å². The Balaban J connectivity index is 1.48. The van der Waals surface area contributed by atoms with Gasteiger partial charge in [-0.3, -0.25) is 9.36 Å². The molecular formula is C23H17N3O2S2. The van der Waals surface area contributed by atoms with Crippen LogP contribution in [0.15, 0.2) is 92.7 Å². The lowest BCUT2D eigenvalue weighted by molar-refractivity contribution is 0.581. The van der Waals surface area contributed by atoms with E-state index >= 15 is 0 Å². The molecule has 0 radical (unpaired) electrons. The summed E-state index contributed by atoms with van der Waals surface area (Å²) in [6.07, 6.45) is 1.65. The highest BCUT2D eigenvalue weighted by atomic mass is 32.2. The van der Waals surface area contributed by atoms with E-state index in [1.807, 2.05) is 72.1 Å². The third-order valence-corrected chi connectivity index (χ3v) is 6.56. The molecule has 7 heteroatoms. The Bertz CT molecular complexity index is 1340. The lowest BCUT2D eigenvalue weighted by Crippen LogP contribution is -2.24. The first-order chi connectivity index (χ1) is 14.8. The molecule has 0 atom stereocenters. The van der Waals surface area contributed by atoms with Gasteiger partial charge in [0.25, 0.3) is 5.56 Å². The van der Waals surface area contributed by atoms with Crippen LogP contribution < -0.4 is 5.56 Å². The normalized spacial score (nSPS) is 11.2. The molecule has 0 amide bonds. The second kappa shape index (κ2) is 8.30. The number of aromatic nitrogens is 3. The number of fused-ring (bicyclic) bond motifs is 1. The van der Waals surface area contributed by atoms with Gasteiger partial charge >= 0.3 is 0 Å². The van der Waals surface area contributed by atoms with Gasteiger partial charge in [-0.1, -0.05) is 54.2 Å². The average molecular weight is 432 g/mol. The van der Waals surface area contributed by atoms with Crippen molar-refractivity contribution < 1.29 is 4.42 Å². The highest BCUT2D eigenvalue weighted by Crippen LogP contribution is 2.28. The molecule has 0 aliphatic carbocycles. The number of hydrogen-bond acceptors (Lipinski definition) is 6. The zero-order valence-corrected chi connectivity index (χ0v) is 17.5. The maximum absolute atomic E-state index is 13.2. The second-order valence-electron chi connectivity index (χ2n) is 6.70. The van der Waals surface area contributed by atoms with Crippen LogP contribution in [0.5, 0.6) is 0 Å². The van der Waals surface area contributed by atoms with E-state index < -0.39 is 0 Å². The Hall–Kier alpha value is -3.16. The minimum Gasteiger partial charge on any atom is -0.462 e. The Kier molecular flexibility index (Phi) is 5.21. The van der Waals surface area contributed by atoms with Crippen LogP contribution in [0.25, 0.3) is 21.7 Å². The van der Waals surface area contributed by atoms with Gasteiger partial charge < -0.3 is 4.42 Å². The SMILES string of the molecule is O=c1c2ccccc2nc(SCc2csc(-c3ccco3)n2)n1Cc1ccccc1. The molecule has 0 bridgehead atoms. The molecule has 2 aromatic carbocycles. The molecule has 0 aliphatic heterocycles. The standard InChI is InChI=1S/C23H17N3O2S2/c27-22-18-9-4-5-10-19(18)25-23(26(22)13-16-7-2-1-3-8-16)30-15-17-14-29-21(24-17)20-11-6-12-28-20/h1-12,14H,13,15H2. The van der Waals surface area contributed by atoms with Crippen LogP contribution >= 0.6 is 23.1 Å². The van der Waals surface area contributed by atoms with Gasteiger partial charge in [0.2, 0.25) is 0 Å². The van der Waals surface area contributed by atoms with Crippen LogP contribution in [-0.2, 0) is 12.3 Å². The minimum atomic E-state index is -0.0264. The summed E-state index contributed by atoms with van der Waals surface area (Å²) in [4.78, 5) is 22.7. The number of hydrogen-bond donors (Lipinski definition) is 0. The first kappa shape index (κ1) is 18.8. The van der Waals surface area contributed by atoms with Crippen LogP contribution in [0, 0.1) is 0 Å². The van der Waals surface area contributed by atoms with Gasteiger partial charge in [-0.2, -0.15) is 0 Å². The van der Waals surface area contributed by atoms with E-state index in [1.165, 1.54) is 11.8 Å². The Morgan fingerprint density at radius 1 is 0.967 bits per heavy atom. The molecule has 0 spiro atoms. The molecule has 148 valence electrons. The summed E-state index contributed by atoms with van der Waals surface area (Å²) >= 11 is 3.07. The summed E-state index contributed by atoms with van der Waals surface area (Å²) in [6, 6.07) is 21.2. The fraction of sp³-hybridized carbons (Fsp3) is 0.0870. The predicted octanol–water partition coefficient (Wildman–Crippen LogP) is 5.45. The van der Waals surface area contributed by atoms with Gasteiger partial charge in [-0.15, -0.1) is 11.3 Å². The number of rotatable bonds is 6. The molecule has 5 rings (SSSR count). The second-order valence-corrected chi connectivity index (χ2v) is 8.50. The number of thiazole rings is 1. The van der Waals surface area contributed by atoms with E-state index in [0.717, 1.165) is 22.0 Å². The molecular weight excluding hydrogens is 414 g/mol. The molecule has 5 aromatic rings. The zero-order valence-electron chi connectivity index (χ0n) is 15.9. The summed E-state index contributed by atoms with van der Waals surface area (Å²) in [6.45, 7) is 0.481. The van der Waals surface area contributed by atoms with Crippen molar-refractivity contribution in [3.63, 3.8) is 0 Å². The Morgan fingerprint density at radius 3 is 2.63 bits per heavy atom. The summed E-state index contributed by atoms with van der Waals surface area (Å²) < 4.78 is 7.18. The van der Waals surface area contributed by atoms with Crippen LogP contribution in [0.1, 0.15) is 11.3 Å². The quantitative estimate of drug-likeness (QED) is 0.264. The highest BCUT2D eigenvalue weighted by molar-refractivity contribution is 7.98. The topological polar surface area (TPSA) is 60.9 Å². The van der Waals surface area contributed by atoms with Crippen molar-refractivity contribution in [2.75, 3.05) is 0 Å². The molecule has 0 fully saturated rings. The maximum Gasteiger partial charge on any atom is 0.262 e. The van der Waals surface area contributed by atoms with E-state index in [0.29, 0.717) is 28.4 Å². The van der Waals surface area contributed by atoms with Gasteiger partial charge in [-0.25, -0.2) is 9.97 Å². The minimum absolute atomic E-state index is 0.0264. The summed E-state index contributed by atoms with van der Waals surface area (Å²) in [5.74, 6) is 1.39. The fourth-order valence-electron chi connectivity index (χ4n) is 3.19. The van der Waals surface area contributed by atoms with Gasteiger partial charge in [0, 0.05) is 11.1 Å². The first-order valence-electron chi connectivity index (χ1n) is 9.42. The van der Waals surface area contributed by atoms with Crippen molar-refractivity contribution in [2.24, 2.45) is 0 Å². The number of furan rings is 1. The smallest absolute Gasteiger partial charge is 0.262 e. The molecule has 0 N–H and O–H groups in total. The van der Waals surface area contributed by atoms with E-state index in [4.69, 9.17) is 9.40 Å². The van der Waals surface area contributed by atoms with Crippen LogP contribution in [-0.4, -0.2) is 14.5 Å². The largest absolute Gasteiger partial charge is 0.462 e. The van der Waals surface area contributed by atoms with Crippen molar-refractivity contribution in [3.8, 4) is 10.8 Å². The van der Waals surface area contributed by atoms with E-state index in [2.05, 4.69) is 4.98 Å². The highest BCUT2D eigenvalue weighted by Gasteiger charge is 2.14. The third-order valence-electron chi connectivity index (χ3n) is 4.64. The molecule has 3 heterocycles. The Labute approximate surface area is 181 Å². The molecule has 5 nitrogen and oxygen atoms in total. The summed E-state index contributed by atoms with van der Waals surface area (Å²) in [7, 11) is 0. The molecule has 30 heavy (non-hydrogen) atoms. The lowest BCUT2D eigenvalue weighted by Gasteiger charge is -2.13. The van der Waals surface area contributed by atoms with Gasteiger partial charge in [0.15, 0.2) is 15.9 Å². The third kappa shape index (κ3) is 3.81. The molecule has 0 saturated heterocycles. The number of para-hydroxylation sites is 1. The van der Waals surface area contributed by atoms with E-state index in [1.54, 1.807) is 22.2 Å². The fourth-order valence-corrected chi connectivity index (χ4v) is 4.97. The van der Waals surface area contributed by atoms with Crippen molar-refractivity contribution in [1.82, 2.24) is 14.5 Å². The summed E-state index contributed by atoms with van der Waals surface area (Å²) in [5.41, 5.74) is 2.68. The van der Waals surface area contributed by atoms with Crippen molar-refractivity contribution >= 4 is 34.0 Å². The number of thioether (sulfide) groups is 1. The van der Waals surface area contributed by atoms with Crippen LogP contribution in [0.3, 0.4) is 0 Å². The molecule has 3 aromatic heterocycles. The van der Waals surface area contributed by atoms with Gasteiger partial charge in [-0.05, 0) is 29.8 Å². The number of nitrogens with zero attached hydrogens (tertiary/aromatic N) is 3. The van der Waals surface area contributed by atoms with Gasteiger partial charge in [0.05, 0.1) is 29.4 Å². The van der Waals surface area contributed by atoms with Crippen molar-refractivity contribution in [2.45, 2.75) is 17.5 Å². The molecule has 0 aliphatic rings. The monoisotopic (exact) mass is 431 g/mol. The van der Waals surface area contributed by atoms with Crippen LogP contribution in [0.2, 0.25) is 0 Å². The predicted molar refractivity (Wildman–Crippen MR) is 121 cm³/mol. The first-order valence-corrected chi connectivity index (χ1v) is 11.3. The average Bonchev–Trinajstić information content (AvgIpc) is 3.47. The van der Waals surface area contributed by atoms with Gasteiger partial charge in [0.1, 0.15) is 0 Å². The molecule has 0 saturated carbocycles. The number of benzene rings is 2. The Morgan fingerprint density at radius 2 is 1.80 bits per heavy atom. The van der Waals surface area contributed by atoms with E-state index in [-0.39, 0.29) is 5.56 Å². The lowest BCUT2D eigenvalue weighted by atomic mass is 10.2. The molecule has 0 unspecified atom stereocenters. The van der Waals surface area contributed by atoms with E-state index in [9.17, 15) is 4.79 Å². The van der Waals surface area contributed by atoms with Crippen LogP contribution in [0.4, 0.5) is 0 Å². The summed E-state index contributed by atoms with van der Waals surface area (Å²) in [5, 5.41) is 4.19. The maximum atomic E-state index is 13.2.